The van der Waals surface area contributed by atoms with Crippen molar-refractivity contribution in [3.8, 4) is 5.75 Å². The fourth-order valence-electron chi connectivity index (χ4n) is 1.79. The minimum atomic E-state index is 0.777. The molecule has 100 valence electrons. The Kier molecular flexibility index (Phi) is 7.69. The maximum Gasteiger partial charge on any atom is 0.119 e. The number of oxime groups is 1. The van der Waals surface area contributed by atoms with Crippen molar-refractivity contribution in [3.05, 3.63) is 29.8 Å². The molecule has 0 amide bonds. The van der Waals surface area contributed by atoms with E-state index in [-0.39, 0.29) is 0 Å². The van der Waals surface area contributed by atoms with Crippen LogP contribution in [0.15, 0.2) is 29.4 Å². The second-order valence-corrected chi connectivity index (χ2v) is 4.43. The lowest BCUT2D eigenvalue weighted by Crippen LogP contribution is -1.97. The number of hydrogen-bond donors (Lipinski definition) is 1. The van der Waals surface area contributed by atoms with Crippen molar-refractivity contribution in [2.75, 3.05) is 6.61 Å². The van der Waals surface area contributed by atoms with Crippen molar-refractivity contribution in [3.63, 3.8) is 0 Å². The molecular formula is C15H23NO2. The van der Waals surface area contributed by atoms with Gasteiger partial charge in [0.05, 0.1) is 12.8 Å². The van der Waals surface area contributed by atoms with Crippen molar-refractivity contribution in [1.82, 2.24) is 0 Å². The molecule has 0 aliphatic carbocycles. The molecule has 0 fully saturated rings. The Morgan fingerprint density at radius 3 is 2.39 bits per heavy atom. The van der Waals surface area contributed by atoms with Gasteiger partial charge in [-0.2, -0.15) is 0 Å². The first-order valence-electron chi connectivity index (χ1n) is 6.77. The van der Waals surface area contributed by atoms with Crippen LogP contribution in [0.1, 0.15) is 51.0 Å². The maximum absolute atomic E-state index is 8.39. The molecule has 3 heteroatoms. The van der Waals surface area contributed by atoms with E-state index in [4.69, 9.17) is 9.94 Å². The van der Waals surface area contributed by atoms with Gasteiger partial charge in [-0.05, 0) is 36.2 Å². The zero-order valence-electron chi connectivity index (χ0n) is 11.1. The van der Waals surface area contributed by atoms with E-state index in [0.717, 1.165) is 24.3 Å². The van der Waals surface area contributed by atoms with E-state index in [1.807, 2.05) is 24.3 Å². The second-order valence-electron chi connectivity index (χ2n) is 4.43. The van der Waals surface area contributed by atoms with E-state index in [2.05, 4.69) is 12.1 Å². The minimum absolute atomic E-state index is 0.777. The van der Waals surface area contributed by atoms with Crippen LogP contribution in [0.4, 0.5) is 0 Å². The van der Waals surface area contributed by atoms with Gasteiger partial charge in [-0.1, -0.05) is 44.2 Å². The summed E-state index contributed by atoms with van der Waals surface area (Å²) in [6.45, 7) is 3.01. The van der Waals surface area contributed by atoms with E-state index in [0.29, 0.717) is 0 Å². The van der Waals surface area contributed by atoms with Gasteiger partial charge in [0.25, 0.3) is 0 Å². The Morgan fingerprint density at radius 1 is 1.06 bits per heavy atom. The molecular weight excluding hydrogens is 226 g/mol. The zero-order valence-corrected chi connectivity index (χ0v) is 11.1. The highest BCUT2D eigenvalue weighted by Crippen LogP contribution is 2.12. The van der Waals surface area contributed by atoms with Crippen LogP contribution in [0.25, 0.3) is 0 Å². The fourth-order valence-corrected chi connectivity index (χ4v) is 1.79. The predicted octanol–water partition coefficient (Wildman–Crippen LogP) is 4.23. The summed E-state index contributed by atoms with van der Waals surface area (Å²) in [4.78, 5) is 0. The number of nitrogens with zero attached hydrogens (tertiary/aromatic N) is 1. The van der Waals surface area contributed by atoms with E-state index in [1.54, 1.807) is 0 Å². The Morgan fingerprint density at radius 2 is 1.72 bits per heavy atom. The van der Waals surface area contributed by atoms with Crippen molar-refractivity contribution < 1.29 is 9.94 Å². The Hall–Kier alpha value is -1.51. The standard InChI is InChI=1S/C15H23NO2/c1-2-3-4-5-6-7-12-18-15-10-8-14(9-11-15)13-16-17/h8-11,13,17H,2-7,12H2,1H3/b16-13-. The molecule has 3 nitrogen and oxygen atoms in total. The van der Waals surface area contributed by atoms with Crippen LogP contribution < -0.4 is 4.74 Å². The van der Waals surface area contributed by atoms with Crippen LogP contribution >= 0.6 is 0 Å². The van der Waals surface area contributed by atoms with Gasteiger partial charge < -0.3 is 9.94 Å². The molecule has 0 unspecified atom stereocenters. The molecule has 0 radical (unpaired) electrons. The molecule has 1 aromatic rings. The average molecular weight is 249 g/mol. The van der Waals surface area contributed by atoms with E-state index < -0.39 is 0 Å². The Bertz CT molecular complexity index is 333. The van der Waals surface area contributed by atoms with Crippen molar-refractivity contribution in [2.24, 2.45) is 5.16 Å². The Labute approximate surface area is 109 Å². The van der Waals surface area contributed by atoms with Gasteiger partial charge in [-0.25, -0.2) is 0 Å². The SMILES string of the molecule is CCCCCCCCOc1ccc(/C=N\O)cc1. The third kappa shape index (κ3) is 6.28. The number of unbranched alkanes of at least 4 members (excludes halogenated alkanes) is 5. The smallest absolute Gasteiger partial charge is 0.119 e. The van der Waals surface area contributed by atoms with Crippen LogP contribution in [0.2, 0.25) is 0 Å². The molecule has 18 heavy (non-hydrogen) atoms. The fraction of sp³-hybridized carbons (Fsp3) is 0.533. The molecule has 0 bridgehead atoms. The molecule has 0 saturated heterocycles. The summed E-state index contributed by atoms with van der Waals surface area (Å²) >= 11 is 0. The molecule has 0 spiro atoms. The highest BCUT2D eigenvalue weighted by atomic mass is 16.5. The number of hydrogen-bond acceptors (Lipinski definition) is 3. The predicted molar refractivity (Wildman–Crippen MR) is 74.7 cm³/mol. The quantitative estimate of drug-likeness (QED) is 0.308. The van der Waals surface area contributed by atoms with Crippen molar-refractivity contribution >= 4 is 6.21 Å². The zero-order chi connectivity index (χ0) is 13.1. The molecule has 0 aromatic heterocycles. The lowest BCUT2D eigenvalue weighted by Gasteiger charge is -2.06. The summed E-state index contributed by atoms with van der Waals surface area (Å²) in [5, 5.41) is 11.4. The van der Waals surface area contributed by atoms with Crippen molar-refractivity contribution in [1.29, 1.82) is 0 Å². The molecule has 1 N–H and O–H groups in total. The second kappa shape index (κ2) is 9.51. The molecule has 0 heterocycles. The van der Waals surface area contributed by atoms with Gasteiger partial charge in [0.15, 0.2) is 0 Å². The molecule has 1 rings (SSSR count). The molecule has 1 aromatic carbocycles. The molecule has 0 aliphatic heterocycles. The first kappa shape index (κ1) is 14.6. The van der Waals surface area contributed by atoms with Crippen LogP contribution in [0.5, 0.6) is 5.75 Å². The van der Waals surface area contributed by atoms with Crippen LogP contribution in [0.3, 0.4) is 0 Å². The largest absolute Gasteiger partial charge is 0.494 e. The van der Waals surface area contributed by atoms with Gasteiger partial charge in [-0.15, -0.1) is 0 Å². The third-order valence-electron chi connectivity index (χ3n) is 2.85. The first-order valence-corrected chi connectivity index (χ1v) is 6.77. The van der Waals surface area contributed by atoms with E-state index in [9.17, 15) is 0 Å². The highest BCUT2D eigenvalue weighted by molar-refractivity contribution is 5.79. The van der Waals surface area contributed by atoms with Gasteiger partial charge in [0, 0.05) is 0 Å². The molecule has 0 aliphatic rings. The molecule has 0 saturated carbocycles. The van der Waals surface area contributed by atoms with Gasteiger partial charge in [0.2, 0.25) is 0 Å². The maximum atomic E-state index is 8.39. The lowest BCUT2D eigenvalue weighted by molar-refractivity contribution is 0.304. The van der Waals surface area contributed by atoms with Gasteiger partial charge in [0.1, 0.15) is 5.75 Å². The summed E-state index contributed by atoms with van der Waals surface area (Å²) < 4.78 is 5.64. The summed E-state index contributed by atoms with van der Waals surface area (Å²) in [7, 11) is 0. The topological polar surface area (TPSA) is 41.8 Å². The third-order valence-corrected chi connectivity index (χ3v) is 2.85. The summed E-state index contributed by atoms with van der Waals surface area (Å²) in [5.74, 6) is 0.874. The summed E-state index contributed by atoms with van der Waals surface area (Å²) in [5.41, 5.74) is 0.865. The van der Waals surface area contributed by atoms with Crippen LogP contribution in [0, 0.1) is 0 Å². The minimum Gasteiger partial charge on any atom is -0.494 e. The number of rotatable bonds is 9. The first-order chi connectivity index (χ1) is 8.86. The van der Waals surface area contributed by atoms with E-state index in [1.165, 1.54) is 38.3 Å². The van der Waals surface area contributed by atoms with Crippen LogP contribution in [-0.4, -0.2) is 18.0 Å². The Balaban J connectivity index is 2.11. The van der Waals surface area contributed by atoms with Crippen LogP contribution in [-0.2, 0) is 0 Å². The number of benzene rings is 1. The normalized spacial score (nSPS) is 10.9. The average Bonchev–Trinajstić information content (AvgIpc) is 2.40. The number of ether oxygens (including phenoxy) is 1. The highest BCUT2D eigenvalue weighted by Gasteiger charge is 1.95. The van der Waals surface area contributed by atoms with Gasteiger partial charge >= 0.3 is 0 Å². The lowest BCUT2D eigenvalue weighted by atomic mass is 10.1. The summed E-state index contributed by atoms with van der Waals surface area (Å²) in [6, 6.07) is 7.54. The summed E-state index contributed by atoms with van der Waals surface area (Å²) in [6.07, 6.45) is 9.04. The monoisotopic (exact) mass is 249 g/mol. The van der Waals surface area contributed by atoms with Crippen molar-refractivity contribution in [2.45, 2.75) is 45.4 Å². The molecule has 0 atom stereocenters. The van der Waals surface area contributed by atoms with E-state index >= 15 is 0 Å². The van der Waals surface area contributed by atoms with Gasteiger partial charge in [-0.3, -0.25) is 0 Å².